The highest BCUT2D eigenvalue weighted by Gasteiger charge is 2.32. The fraction of sp³-hybridized carbons (Fsp3) is 0.308. The fourth-order valence-electron chi connectivity index (χ4n) is 2.41. The summed E-state index contributed by atoms with van der Waals surface area (Å²) in [5.74, 6) is 0.394. The first-order chi connectivity index (χ1) is 9.00. The number of nitrogens with zero attached hydrogens (tertiary/aromatic N) is 2. The molecule has 0 saturated heterocycles. The third-order valence-electron chi connectivity index (χ3n) is 3.45. The van der Waals surface area contributed by atoms with Crippen LogP contribution in [0.15, 0.2) is 23.0 Å². The number of aromatic nitrogens is 2. The molecule has 6 heteroatoms. The molecule has 0 aliphatic heterocycles. The lowest BCUT2D eigenvalue weighted by Crippen LogP contribution is -2.21. The molecule has 2 N–H and O–H groups in total. The zero-order valence-electron chi connectivity index (χ0n) is 10.4. The van der Waals surface area contributed by atoms with Crippen LogP contribution in [0.25, 0.3) is 5.69 Å². The van der Waals surface area contributed by atoms with Crippen molar-refractivity contribution in [1.29, 1.82) is 0 Å². The maximum absolute atomic E-state index is 12.3. The van der Waals surface area contributed by atoms with Crippen LogP contribution in [0.3, 0.4) is 0 Å². The highest BCUT2D eigenvalue weighted by molar-refractivity contribution is 6.35. The lowest BCUT2D eigenvalue weighted by molar-refractivity contribution is 0.616. The third-order valence-corrected chi connectivity index (χ3v) is 3.99. The summed E-state index contributed by atoms with van der Waals surface area (Å²) >= 11 is 12.0. The van der Waals surface area contributed by atoms with Gasteiger partial charge in [-0.2, -0.15) is 0 Å². The van der Waals surface area contributed by atoms with Gasteiger partial charge in [-0.3, -0.25) is 9.48 Å². The minimum Gasteiger partial charge on any atom is -0.393 e. The molecule has 100 valence electrons. The molecule has 19 heavy (non-hydrogen) atoms. The summed E-state index contributed by atoms with van der Waals surface area (Å²) in [7, 11) is 1.83. The zero-order chi connectivity index (χ0) is 13.7. The van der Waals surface area contributed by atoms with E-state index in [1.165, 1.54) is 4.68 Å². The van der Waals surface area contributed by atoms with Gasteiger partial charge in [-0.1, -0.05) is 23.2 Å². The molecule has 0 unspecified atom stereocenters. The van der Waals surface area contributed by atoms with Crippen molar-refractivity contribution in [1.82, 2.24) is 9.36 Å². The Hall–Kier alpha value is -1.39. The first-order valence-corrected chi connectivity index (χ1v) is 6.79. The molecule has 1 aromatic heterocycles. The minimum absolute atomic E-state index is 0.228. The van der Waals surface area contributed by atoms with E-state index in [2.05, 4.69) is 0 Å². The molecule has 1 heterocycles. The van der Waals surface area contributed by atoms with E-state index in [0.717, 1.165) is 18.5 Å². The van der Waals surface area contributed by atoms with Crippen LogP contribution in [-0.2, 0) is 7.05 Å². The van der Waals surface area contributed by atoms with Gasteiger partial charge in [0, 0.05) is 18.0 Å². The third kappa shape index (κ3) is 1.95. The van der Waals surface area contributed by atoms with Crippen molar-refractivity contribution in [3.63, 3.8) is 0 Å². The largest absolute Gasteiger partial charge is 0.393 e. The second-order valence-electron chi connectivity index (χ2n) is 4.81. The molecule has 0 spiro atoms. The summed E-state index contributed by atoms with van der Waals surface area (Å²) in [6.45, 7) is 0. The van der Waals surface area contributed by atoms with Crippen molar-refractivity contribution in [3.05, 3.63) is 44.3 Å². The van der Waals surface area contributed by atoms with Gasteiger partial charge in [0.1, 0.15) is 5.69 Å². The molecular formula is C13H13Cl2N3O. The SMILES string of the molecule is Cn1c(C2CC2)c(N)c(=O)n1-c1ccc(Cl)cc1Cl. The predicted molar refractivity (Wildman–Crippen MR) is 77.4 cm³/mol. The van der Waals surface area contributed by atoms with E-state index in [1.807, 2.05) is 7.05 Å². The first-order valence-electron chi connectivity index (χ1n) is 6.03. The number of halogens is 2. The van der Waals surface area contributed by atoms with Gasteiger partial charge in [0.25, 0.3) is 5.56 Å². The van der Waals surface area contributed by atoms with E-state index in [4.69, 9.17) is 28.9 Å². The quantitative estimate of drug-likeness (QED) is 0.926. The molecule has 4 nitrogen and oxygen atoms in total. The molecule has 1 aromatic carbocycles. The van der Waals surface area contributed by atoms with Crippen LogP contribution in [-0.4, -0.2) is 9.36 Å². The van der Waals surface area contributed by atoms with Crippen molar-refractivity contribution in [2.24, 2.45) is 7.05 Å². The van der Waals surface area contributed by atoms with Gasteiger partial charge in [-0.05, 0) is 31.0 Å². The smallest absolute Gasteiger partial charge is 0.294 e. The molecule has 0 radical (unpaired) electrons. The van der Waals surface area contributed by atoms with E-state index in [0.29, 0.717) is 27.3 Å². The first kappa shape index (κ1) is 12.6. The van der Waals surface area contributed by atoms with Gasteiger partial charge in [0.15, 0.2) is 0 Å². The van der Waals surface area contributed by atoms with Crippen LogP contribution < -0.4 is 11.3 Å². The number of nitrogen functional groups attached to an aromatic ring is 1. The fourth-order valence-corrected chi connectivity index (χ4v) is 2.90. The van der Waals surface area contributed by atoms with E-state index in [1.54, 1.807) is 22.9 Å². The molecule has 0 amide bonds. The Labute approximate surface area is 120 Å². The Morgan fingerprint density at radius 1 is 1.32 bits per heavy atom. The van der Waals surface area contributed by atoms with Crippen molar-refractivity contribution in [3.8, 4) is 5.69 Å². The predicted octanol–water partition coefficient (Wildman–Crippen LogP) is 2.94. The summed E-state index contributed by atoms with van der Waals surface area (Å²) in [5, 5.41) is 0.962. The summed E-state index contributed by atoms with van der Waals surface area (Å²) < 4.78 is 3.30. The zero-order valence-corrected chi connectivity index (χ0v) is 11.9. The van der Waals surface area contributed by atoms with Gasteiger partial charge in [-0.25, -0.2) is 4.68 Å². The maximum atomic E-state index is 12.3. The number of rotatable bonds is 2. The Morgan fingerprint density at radius 2 is 2.00 bits per heavy atom. The summed E-state index contributed by atoms with van der Waals surface area (Å²) in [5.41, 5.74) is 7.52. The Morgan fingerprint density at radius 3 is 2.58 bits per heavy atom. The Bertz CT molecular complexity index is 713. The Kier molecular flexibility index (Phi) is 2.87. The minimum atomic E-state index is -0.228. The van der Waals surface area contributed by atoms with Crippen molar-refractivity contribution in [2.75, 3.05) is 5.73 Å². The average molecular weight is 298 g/mol. The van der Waals surface area contributed by atoms with Gasteiger partial charge in [-0.15, -0.1) is 0 Å². The van der Waals surface area contributed by atoms with Crippen LogP contribution in [0.4, 0.5) is 5.69 Å². The van der Waals surface area contributed by atoms with Crippen molar-refractivity contribution >= 4 is 28.9 Å². The molecule has 1 aliphatic carbocycles. The molecule has 0 atom stereocenters. The number of anilines is 1. The molecule has 1 saturated carbocycles. The van der Waals surface area contributed by atoms with E-state index in [9.17, 15) is 4.79 Å². The normalized spacial score (nSPS) is 14.9. The number of hydrogen-bond acceptors (Lipinski definition) is 2. The second-order valence-corrected chi connectivity index (χ2v) is 5.65. The average Bonchev–Trinajstić information content (AvgIpc) is 3.13. The van der Waals surface area contributed by atoms with E-state index < -0.39 is 0 Å². The standard InChI is InChI=1S/C13H13Cl2N3O/c1-17-12(7-2-3-7)11(16)13(19)18(17)10-5-4-8(14)6-9(10)15/h4-7H,2-3,16H2,1H3. The van der Waals surface area contributed by atoms with Crippen LogP contribution in [0.1, 0.15) is 24.5 Å². The lowest BCUT2D eigenvalue weighted by Gasteiger charge is -2.11. The number of hydrogen-bond donors (Lipinski definition) is 1. The number of benzene rings is 1. The lowest BCUT2D eigenvalue weighted by atomic mass is 10.2. The topological polar surface area (TPSA) is 52.9 Å². The van der Waals surface area contributed by atoms with Crippen LogP contribution in [0, 0.1) is 0 Å². The van der Waals surface area contributed by atoms with Gasteiger partial charge in [0.2, 0.25) is 0 Å². The second kappa shape index (κ2) is 4.32. The molecule has 0 bridgehead atoms. The van der Waals surface area contributed by atoms with Gasteiger partial charge < -0.3 is 5.73 Å². The highest BCUT2D eigenvalue weighted by Crippen LogP contribution is 2.42. The molecule has 2 aromatic rings. The number of nitrogens with two attached hydrogens (primary N) is 1. The summed E-state index contributed by atoms with van der Waals surface area (Å²) in [6.07, 6.45) is 2.16. The van der Waals surface area contributed by atoms with Crippen LogP contribution in [0.2, 0.25) is 10.0 Å². The molecule has 1 fully saturated rings. The highest BCUT2D eigenvalue weighted by atomic mass is 35.5. The molecule has 3 rings (SSSR count). The monoisotopic (exact) mass is 297 g/mol. The van der Waals surface area contributed by atoms with Crippen molar-refractivity contribution in [2.45, 2.75) is 18.8 Å². The van der Waals surface area contributed by atoms with E-state index in [-0.39, 0.29) is 5.56 Å². The van der Waals surface area contributed by atoms with Gasteiger partial charge >= 0.3 is 0 Å². The summed E-state index contributed by atoms with van der Waals surface area (Å²) in [6, 6.07) is 5.04. The van der Waals surface area contributed by atoms with Crippen molar-refractivity contribution < 1.29 is 0 Å². The molecule has 1 aliphatic rings. The Balaban J connectivity index is 2.25. The maximum Gasteiger partial charge on any atom is 0.294 e. The molecular weight excluding hydrogens is 285 g/mol. The summed E-state index contributed by atoms with van der Waals surface area (Å²) in [4.78, 5) is 12.3. The van der Waals surface area contributed by atoms with Gasteiger partial charge in [0.05, 0.1) is 16.4 Å². The van der Waals surface area contributed by atoms with E-state index >= 15 is 0 Å². The van der Waals surface area contributed by atoms with Crippen LogP contribution >= 0.6 is 23.2 Å². The van der Waals surface area contributed by atoms with Crippen LogP contribution in [0.5, 0.6) is 0 Å².